The first kappa shape index (κ1) is 22.9. The molecule has 1 aromatic rings. The summed E-state index contributed by atoms with van der Waals surface area (Å²) in [4.78, 5) is 26.9. The van der Waals surface area contributed by atoms with Gasteiger partial charge in [-0.1, -0.05) is 0 Å². The second kappa shape index (κ2) is 8.07. The maximum absolute atomic E-state index is 14.2. The van der Waals surface area contributed by atoms with Gasteiger partial charge in [-0.3, -0.25) is 9.69 Å². The second-order valence-corrected chi connectivity index (χ2v) is 10.9. The van der Waals surface area contributed by atoms with Crippen LogP contribution in [-0.4, -0.2) is 59.7 Å². The molecule has 0 unspecified atom stereocenters. The summed E-state index contributed by atoms with van der Waals surface area (Å²) in [5, 5.41) is 8.04. The van der Waals surface area contributed by atoms with Gasteiger partial charge < -0.3 is 4.74 Å². The number of nitrogens with zero attached hydrogens (tertiary/aromatic N) is 3. The Morgan fingerprint density at radius 3 is 2.42 bits per heavy atom. The van der Waals surface area contributed by atoms with Crippen LogP contribution in [0.3, 0.4) is 0 Å². The van der Waals surface area contributed by atoms with Gasteiger partial charge in [0.25, 0.3) is 5.91 Å². The second-order valence-electron chi connectivity index (χ2n) is 8.67. The van der Waals surface area contributed by atoms with E-state index in [0.29, 0.717) is 18.9 Å². The Balaban J connectivity index is 1.94. The summed E-state index contributed by atoms with van der Waals surface area (Å²) in [6.45, 7) is 4.43. The molecule has 1 aromatic carbocycles. The zero-order chi connectivity index (χ0) is 23.1. The van der Waals surface area contributed by atoms with Crippen molar-refractivity contribution in [1.82, 2.24) is 9.80 Å². The van der Waals surface area contributed by atoms with Crippen LogP contribution in [0.15, 0.2) is 23.1 Å². The van der Waals surface area contributed by atoms with E-state index in [0.717, 1.165) is 21.9 Å². The van der Waals surface area contributed by atoms with Crippen molar-refractivity contribution in [3.63, 3.8) is 0 Å². The van der Waals surface area contributed by atoms with Crippen LogP contribution in [0.5, 0.6) is 0 Å². The smallest absolute Gasteiger partial charge is 0.411 e. The maximum atomic E-state index is 14.2. The van der Waals surface area contributed by atoms with E-state index in [1.54, 1.807) is 27.0 Å². The Kier molecular flexibility index (Phi) is 5.97. The van der Waals surface area contributed by atoms with Crippen molar-refractivity contribution >= 4 is 21.8 Å². The van der Waals surface area contributed by atoms with Gasteiger partial charge >= 0.3 is 6.09 Å². The van der Waals surface area contributed by atoms with Gasteiger partial charge in [0.15, 0.2) is 16.0 Å². The van der Waals surface area contributed by atoms with Gasteiger partial charge in [-0.2, -0.15) is 5.26 Å². The standard InChI is InChI=1S/C20H23F2N3O5S/c1-20(2,3)30-19(27)24-10-14(9-16(24)18(26)25(11-23)13-5-6-13)31(28,29)17-7-4-12(21)8-15(17)22/h4,7-8,13-14,16H,5-6,9-10H2,1-3H3/t14-,16+/m1/s1. The third kappa shape index (κ3) is 4.79. The molecule has 8 nitrogen and oxygen atoms in total. The predicted molar refractivity (Wildman–Crippen MR) is 104 cm³/mol. The molecule has 1 heterocycles. The highest BCUT2D eigenvalue weighted by Gasteiger charge is 2.50. The Morgan fingerprint density at radius 1 is 1.26 bits per heavy atom. The van der Waals surface area contributed by atoms with Gasteiger partial charge in [-0.15, -0.1) is 0 Å². The van der Waals surface area contributed by atoms with E-state index in [4.69, 9.17) is 4.74 Å². The molecule has 1 saturated carbocycles. The molecule has 0 spiro atoms. The summed E-state index contributed by atoms with van der Waals surface area (Å²) in [6, 6.07) is 0.574. The minimum atomic E-state index is -4.34. The number of benzene rings is 1. The number of hydrogen-bond acceptors (Lipinski definition) is 6. The molecule has 1 saturated heterocycles. The van der Waals surface area contributed by atoms with Crippen LogP contribution in [0.25, 0.3) is 0 Å². The van der Waals surface area contributed by atoms with Crippen LogP contribution in [-0.2, 0) is 19.4 Å². The molecule has 2 aliphatic rings. The predicted octanol–water partition coefficient (Wildman–Crippen LogP) is 2.59. The number of ether oxygens (including phenoxy) is 1. The number of sulfone groups is 1. The molecule has 1 aliphatic carbocycles. The van der Waals surface area contributed by atoms with Gasteiger partial charge in [-0.25, -0.2) is 26.9 Å². The lowest BCUT2D eigenvalue weighted by molar-refractivity contribution is -0.133. The van der Waals surface area contributed by atoms with Crippen LogP contribution >= 0.6 is 0 Å². The Labute approximate surface area is 179 Å². The first-order valence-corrected chi connectivity index (χ1v) is 11.3. The minimum Gasteiger partial charge on any atom is -0.444 e. The maximum Gasteiger partial charge on any atom is 0.411 e. The number of carbonyl (C=O) groups excluding carboxylic acids is 2. The molecule has 31 heavy (non-hydrogen) atoms. The first-order chi connectivity index (χ1) is 14.3. The normalized spacial score (nSPS) is 21.5. The fourth-order valence-electron chi connectivity index (χ4n) is 3.47. The van der Waals surface area contributed by atoms with Crippen LogP contribution in [0.4, 0.5) is 13.6 Å². The van der Waals surface area contributed by atoms with Gasteiger partial charge in [0, 0.05) is 18.7 Å². The molecule has 0 N–H and O–H groups in total. The Hall–Kier alpha value is -2.74. The molecule has 0 bridgehead atoms. The molecule has 11 heteroatoms. The number of hydrogen-bond donors (Lipinski definition) is 0. The fourth-order valence-corrected chi connectivity index (χ4v) is 5.21. The van der Waals surface area contributed by atoms with Crippen molar-refractivity contribution in [1.29, 1.82) is 5.26 Å². The Morgan fingerprint density at radius 2 is 1.90 bits per heavy atom. The summed E-state index contributed by atoms with van der Waals surface area (Å²) in [5.74, 6) is -2.89. The summed E-state index contributed by atoms with van der Waals surface area (Å²) >= 11 is 0. The van der Waals surface area contributed by atoms with Crippen molar-refractivity contribution in [2.45, 2.75) is 67.9 Å². The monoisotopic (exact) mass is 455 g/mol. The number of nitriles is 1. The average Bonchev–Trinajstić information content (AvgIpc) is 3.36. The molecular weight excluding hydrogens is 432 g/mol. The largest absolute Gasteiger partial charge is 0.444 e. The highest BCUT2D eigenvalue weighted by atomic mass is 32.2. The highest BCUT2D eigenvalue weighted by Crippen LogP contribution is 2.34. The van der Waals surface area contributed by atoms with Crippen LogP contribution in [0.2, 0.25) is 0 Å². The van der Waals surface area contributed by atoms with E-state index in [2.05, 4.69) is 0 Å². The molecular formula is C20H23F2N3O5S. The lowest BCUT2D eigenvalue weighted by Crippen LogP contribution is -2.48. The summed E-state index contributed by atoms with van der Waals surface area (Å²) in [6.07, 6.45) is 1.85. The zero-order valence-electron chi connectivity index (χ0n) is 17.3. The lowest BCUT2D eigenvalue weighted by Gasteiger charge is -2.29. The zero-order valence-corrected chi connectivity index (χ0v) is 18.2. The molecule has 3 rings (SSSR count). The Bertz CT molecular complexity index is 1040. The van der Waals surface area contributed by atoms with E-state index in [9.17, 15) is 32.0 Å². The molecule has 2 fully saturated rings. The summed E-state index contributed by atoms with van der Waals surface area (Å²) < 4.78 is 58.8. The minimum absolute atomic E-state index is 0.275. The van der Waals surface area contributed by atoms with Crippen LogP contribution in [0, 0.1) is 23.1 Å². The summed E-state index contributed by atoms with van der Waals surface area (Å²) in [5.41, 5.74) is -0.907. The van der Waals surface area contributed by atoms with Crippen molar-refractivity contribution < 1.29 is 31.5 Å². The highest BCUT2D eigenvalue weighted by molar-refractivity contribution is 7.92. The molecule has 168 valence electrons. The number of amides is 2. The van der Waals surface area contributed by atoms with E-state index in [1.165, 1.54) is 0 Å². The molecule has 2 amide bonds. The molecule has 1 aliphatic heterocycles. The average molecular weight is 455 g/mol. The number of halogens is 2. The van der Waals surface area contributed by atoms with Gasteiger partial charge in [0.05, 0.1) is 5.25 Å². The molecule has 2 atom stereocenters. The number of rotatable bonds is 4. The lowest BCUT2D eigenvalue weighted by atomic mass is 10.2. The van der Waals surface area contributed by atoms with Crippen LogP contribution < -0.4 is 0 Å². The fraction of sp³-hybridized carbons (Fsp3) is 0.550. The van der Waals surface area contributed by atoms with Crippen molar-refractivity contribution in [3.8, 4) is 6.19 Å². The van der Waals surface area contributed by atoms with Crippen LogP contribution in [0.1, 0.15) is 40.0 Å². The van der Waals surface area contributed by atoms with Gasteiger partial charge in [0.2, 0.25) is 0 Å². The molecule has 0 radical (unpaired) electrons. The van der Waals surface area contributed by atoms with E-state index in [-0.39, 0.29) is 12.5 Å². The first-order valence-electron chi connectivity index (χ1n) is 9.76. The van der Waals surface area contributed by atoms with Gasteiger partial charge in [-0.05, 0) is 52.2 Å². The van der Waals surface area contributed by atoms with Crippen molar-refractivity contribution in [2.24, 2.45) is 0 Å². The number of likely N-dealkylation sites (tertiary alicyclic amines) is 1. The molecule has 0 aromatic heterocycles. The quantitative estimate of drug-likeness (QED) is 0.392. The van der Waals surface area contributed by atoms with Crippen molar-refractivity contribution in [3.05, 3.63) is 29.8 Å². The third-order valence-electron chi connectivity index (χ3n) is 5.07. The van der Waals surface area contributed by atoms with E-state index in [1.807, 2.05) is 0 Å². The third-order valence-corrected chi connectivity index (χ3v) is 7.24. The van der Waals surface area contributed by atoms with Crippen molar-refractivity contribution in [2.75, 3.05) is 6.54 Å². The number of carbonyl (C=O) groups is 2. The van der Waals surface area contributed by atoms with E-state index >= 15 is 0 Å². The topological polar surface area (TPSA) is 108 Å². The van der Waals surface area contributed by atoms with Gasteiger partial charge in [0.1, 0.15) is 28.2 Å². The van der Waals surface area contributed by atoms with E-state index < -0.39 is 61.8 Å². The SMILES string of the molecule is CC(C)(C)OC(=O)N1C[C@H](S(=O)(=O)c2ccc(F)cc2F)C[C@H]1C(=O)N(C#N)C1CC1. The summed E-state index contributed by atoms with van der Waals surface area (Å²) in [7, 11) is -4.34.